The molecule has 1 saturated heterocycles. The SMILES string of the molecule is COc1cc(/C=C2\C(=O)NC(=O)N(c3ccc(C)c(C)c3)C2=O)cc(Cl)c1Cc1ccccc1Cl. The zero-order valence-corrected chi connectivity index (χ0v) is 20.8. The first-order chi connectivity index (χ1) is 16.7. The number of rotatable bonds is 5. The van der Waals surface area contributed by atoms with E-state index in [4.69, 9.17) is 27.9 Å². The van der Waals surface area contributed by atoms with E-state index in [0.717, 1.165) is 27.2 Å². The van der Waals surface area contributed by atoms with E-state index in [2.05, 4.69) is 5.32 Å². The second-order valence-corrected chi connectivity index (χ2v) is 8.99. The van der Waals surface area contributed by atoms with Crippen LogP contribution in [0, 0.1) is 13.8 Å². The van der Waals surface area contributed by atoms with Crippen molar-refractivity contribution in [1.82, 2.24) is 5.32 Å². The summed E-state index contributed by atoms with van der Waals surface area (Å²) in [6.45, 7) is 3.81. The van der Waals surface area contributed by atoms with Crippen molar-refractivity contribution >= 4 is 52.8 Å². The molecule has 3 aromatic rings. The number of anilines is 1. The van der Waals surface area contributed by atoms with E-state index in [1.165, 1.54) is 13.2 Å². The van der Waals surface area contributed by atoms with Gasteiger partial charge in [-0.1, -0.05) is 47.5 Å². The first kappa shape index (κ1) is 24.5. The molecule has 0 unspecified atom stereocenters. The first-order valence-corrected chi connectivity index (χ1v) is 11.5. The molecule has 0 aromatic heterocycles. The number of ether oxygens (including phenoxy) is 1. The summed E-state index contributed by atoms with van der Waals surface area (Å²) in [5, 5.41) is 3.24. The van der Waals surface area contributed by atoms with Gasteiger partial charge in [-0.25, -0.2) is 9.69 Å². The van der Waals surface area contributed by atoms with Gasteiger partial charge in [0, 0.05) is 22.0 Å². The van der Waals surface area contributed by atoms with Crippen LogP contribution in [-0.4, -0.2) is 25.0 Å². The van der Waals surface area contributed by atoms with E-state index in [-0.39, 0.29) is 5.57 Å². The summed E-state index contributed by atoms with van der Waals surface area (Å²) in [5.74, 6) is -1.03. The van der Waals surface area contributed by atoms with Gasteiger partial charge < -0.3 is 4.74 Å². The molecule has 0 spiro atoms. The van der Waals surface area contributed by atoms with Gasteiger partial charge in [0.25, 0.3) is 11.8 Å². The molecule has 8 heteroatoms. The third-order valence-electron chi connectivity index (χ3n) is 5.88. The van der Waals surface area contributed by atoms with Crippen LogP contribution in [0.3, 0.4) is 0 Å². The Morgan fingerprint density at radius 3 is 2.37 bits per heavy atom. The Morgan fingerprint density at radius 2 is 1.69 bits per heavy atom. The Hall–Kier alpha value is -3.61. The lowest BCUT2D eigenvalue weighted by molar-refractivity contribution is -0.122. The maximum absolute atomic E-state index is 13.2. The Morgan fingerprint density at radius 1 is 0.943 bits per heavy atom. The van der Waals surface area contributed by atoms with Crippen molar-refractivity contribution in [3.05, 3.63) is 98.0 Å². The van der Waals surface area contributed by atoms with Crippen LogP contribution in [-0.2, 0) is 16.0 Å². The molecule has 0 aliphatic carbocycles. The molecule has 35 heavy (non-hydrogen) atoms. The van der Waals surface area contributed by atoms with E-state index >= 15 is 0 Å². The summed E-state index contributed by atoms with van der Waals surface area (Å²) in [6, 6.07) is 15.2. The van der Waals surface area contributed by atoms with Gasteiger partial charge in [0.2, 0.25) is 0 Å². The smallest absolute Gasteiger partial charge is 0.335 e. The number of carbonyl (C=O) groups excluding carboxylic acids is 3. The predicted octanol–water partition coefficient (Wildman–Crippen LogP) is 5.88. The van der Waals surface area contributed by atoms with Crippen molar-refractivity contribution in [2.24, 2.45) is 0 Å². The normalized spacial score (nSPS) is 14.9. The molecule has 4 rings (SSSR count). The van der Waals surface area contributed by atoms with Gasteiger partial charge in [-0.2, -0.15) is 0 Å². The Kier molecular flexibility index (Phi) is 6.96. The Labute approximate surface area is 213 Å². The maximum Gasteiger partial charge on any atom is 0.335 e. The summed E-state index contributed by atoms with van der Waals surface area (Å²) in [7, 11) is 1.51. The lowest BCUT2D eigenvalue weighted by atomic mass is 10.00. The molecule has 6 nitrogen and oxygen atoms in total. The fourth-order valence-corrected chi connectivity index (χ4v) is 4.31. The maximum atomic E-state index is 13.2. The minimum Gasteiger partial charge on any atom is -0.496 e. The zero-order chi connectivity index (χ0) is 25.3. The molecule has 0 atom stereocenters. The number of urea groups is 1. The van der Waals surface area contributed by atoms with E-state index in [9.17, 15) is 14.4 Å². The highest BCUT2D eigenvalue weighted by Crippen LogP contribution is 2.33. The van der Waals surface area contributed by atoms with Crippen molar-refractivity contribution in [2.75, 3.05) is 12.0 Å². The number of nitrogens with zero attached hydrogens (tertiary/aromatic N) is 1. The Bertz CT molecular complexity index is 1400. The second kappa shape index (κ2) is 9.94. The third-order valence-corrected chi connectivity index (χ3v) is 6.59. The quantitative estimate of drug-likeness (QED) is 0.345. The summed E-state index contributed by atoms with van der Waals surface area (Å²) in [6.07, 6.45) is 1.83. The van der Waals surface area contributed by atoms with Gasteiger partial charge in [0.05, 0.1) is 12.8 Å². The van der Waals surface area contributed by atoms with Gasteiger partial charge in [-0.3, -0.25) is 14.9 Å². The van der Waals surface area contributed by atoms with Crippen LogP contribution in [0.1, 0.15) is 27.8 Å². The molecule has 4 amide bonds. The number of imide groups is 2. The van der Waals surface area contributed by atoms with Gasteiger partial charge >= 0.3 is 6.03 Å². The lowest BCUT2D eigenvalue weighted by Gasteiger charge is -2.27. The third kappa shape index (κ3) is 4.94. The van der Waals surface area contributed by atoms with Crippen LogP contribution in [0.25, 0.3) is 6.08 Å². The van der Waals surface area contributed by atoms with Gasteiger partial charge in [-0.05, 0) is 72.5 Å². The standard InChI is InChI=1S/C27H22Cl2N2O4/c1-15-8-9-19(10-16(15)2)31-26(33)21(25(32)30-27(31)34)11-17-12-23(29)20(24(13-17)35-3)14-18-6-4-5-7-22(18)28/h4-13H,14H2,1-3H3,(H,30,32,34)/b21-11+. The Balaban J connectivity index is 1.72. The summed E-state index contributed by atoms with van der Waals surface area (Å²) >= 11 is 12.9. The van der Waals surface area contributed by atoms with E-state index in [0.29, 0.717) is 33.5 Å². The molecule has 3 aromatic carbocycles. The van der Waals surface area contributed by atoms with Crippen molar-refractivity contribution in [3.63, 3.8) is 0 Å². The highest BCUT2D eigenvalue weighted by atomic mass is 35.5. The highest BCUT2D eigenvalue weighted by molar-refractivity contribution is 6.39. The average molecular weight is 509 g/mol. The number of methoxy groups -OCH3 is 1. The number of barbiturate groups is 1. The highest BCUT2D eigenvalue weighted by Gasteiger charge is 2.37. The van der Waals surface area contributed by atoms with E-state index in [1.54, 1.807) is 30.3 Å². The zero-order valence-electron chi connectivity index (χ0n) is 19.3. The molecule has 1 aliphatic heterocycles. The second-order valence-electron chi connectivity index (χ2n) is 8.18. The molecule has 1 N–H and O–H groups in total. The molecular weight excluding hydrogens is 487 g/mol. The number of nitrogens with one attached hydrogen (secondary N) is 1. The molecule has 0 bridgehead atoms. The number of benzene rings is 3. The van der Waals surface area contributed by atoms with Crippen molar-refractivity contribution in [3.8, 4) is 5.75 Å². The topological polar surface area (TPSA) is 75.7 Å². The van der Waals surface area contributed by atoms with Crippen molar-refractivity contribution < 1.29 is 19.1 Å². The lowest BCUT2D eigenvalue weighted by Crippen LogP contribution is -2.54. The predicted molar refractivity (Wildman–Crippen MR) is 137 cm³/mol. The van der Waals surface area contributed by atoms with Crippen molar-refractivity contribution in [2.45, 2.75) is 20.3 Å². The largest absolute Gasteiger partial charge is 0.496 e. The number of hydrogen-bond donors (Lipinski definition) is 1. The van der Waals surface area contributed by atoms with Crippen LogP contribution in [0.15, 0.2) is 60.2 Å². The number of aryl methyl sites for hydroxylation is 2. The molecule has 0 saturated carbocycles. The van der Waals surface area contributed by atoms with Gasteiger partial charge in [0.15, 0.2) is 0 Å². The van der Waals surface area contributed by atoms with Gasteiger partial charge in [-0.15, -0.1) is 0 Å². The summed E-state index contributed by atoms with van der Waals surface area (Å²) in [5.41, 5.74) is 4.18. The number of carbonyl (C=O) groups is 3. The fraction of sp³-hybridized carbons (Fsp3) is 0.148. The minimum atomic E-state index is -0.800. The van der Waals surface area contributed by atoms with Crippen LogP contribution >= 0.6 is 23.2 Å². The van der Waals surface area contributed by atoms with E-state index < -0.39 is 17.8 Å². The van der Waals surface area contributed by atoms with Crippen molar-refractivity contribution in [1.29, 1.82) is 0 Å². The first-order valence-electron chi connectivity index (χ1n) is 10.8. The van der Waals surface area contributed by atoms with Crippen LogP contribution < -0.4 is 15.0 Å². The monoisotopic (exact) mass is 508 g/mol. The summed E-state index contributed by atoms with van der Waals surface area (Å²) < 4.78 is 5.55. The molecule has 1 heterocycles. The molecule has 1 aliphatic rings. The molecule has 178 valence electrons. The number of hydrogen-bond acceptors (Lipinski definition) is 4. The van der Waals surface area contributed by atoms with Gasteiger partial charge in [0.1, 0.15) is 11.3 Å². The number of halogens is 2. The molecular formula is C27H22Cl2N2O4. The summed E-state index contributed by atoms with van der Waals surface area (Å²) in [4.78, 5) is 39.3. The minimum absolute atomic E-state index is 0.195. The fourth-order valence-electron chi connectivity index (χ4n) is 3.82. The molecule has 0 radical (unpaired) electrons. The number of amides is 4. The molecule has 1 fully saturated rings. The van der Waals surface area contributed by atoms with Crippen LogP contribution in [0.4, 0.5) is 10.5 Å². The van der Waals surface area contributed by atoms with Crippen LogP contribution in [0.5, 0.6) is 5.75 Å². The van der Waals surface area contributed by atoms with Crippen LogP contribution in [0.2, 0.25) is 10.0 Å². The average Bonchev–Trinajstić information content (AvgIpc) is 2.81. The van der Waals surface area contributed by atoms with E-state index in [1.807, 2.05) is 38.1 Å².